The molecule has 0 aliphatic rings. The van der Waals surface area contributed by atoms with Gasteiger partial charge in [0.15, 0.2) is 0 Å². The predicted octanol–water partition coefficient (Wildman–Crippen LogP) is 2.67. The lowest BCUT2D eigenvalue weighted by Gasteiger charge is -2.15. The highest BCUT2D eigenvalue weighted by molar-refractivity contribution is 5.81. The molecule has 1 unspecified atom stereocenters. The number of nitrogens with one attached hydrogen (secondary N) is 1. The lowest BCUT2D eigenvalue weighted by atomic mass is 10.1. The van der Waals surface area contributed by atoms with Gasteiger partial charge in [0.1, 0.15) is 12.3 Å². The van der Waals surface area contributed by atoms with Crippen molar-refractivity contribution in [2.75, 3.05) is 6.61 Å². The first kappa shape index (κ1) is 17.7. The highest BCUT2D eigenvalue weighted by atomic mass is 16.5. The third kappa shape index (κ3) is 3.91. The van der Waals surface area contributed by atoms with E-state index in [2.05, 4.69) is 10.4 Å². The molecule has 0 fully saturated rings. The summed E-state index contributed by atoms with van der Waals surface area (Å²) in [5.74, 6) is 0.526. The monoisotopic (exact) mass is 351 g/mol. The molecule has 134 valence electrons. The molecule has 2 aromatic carbocycles. The van der Waals surface area contributed by atoms with E-state index in [0.717, 1.165) is 16.7 Å². The third-order valence-electron chi connectivity index (χ3n) is 4.12. The Bertz CT molecular complexity index is 964. The first-order valence-electron chi connectivity index (χ1n) is 8.55. The summed E-state index contributed by atoms with van der Waals surface area (Å²) in [6.45, 7) is 4.31. The number of carbonyl (C=O) groups excluding carboxylic acids is 1. The second-order valence-electron chi connectivity index (χ2n) is 5.99. The van der Waals surface area contributed by atoms with Gasteiger partial charge >= 0.3 is 0 Å². The van der Waals surface area contributed by atoms with Gasteiger partial charge in [-0.1, -0.05) is 30.3 Å². The molecular weight excluding hydrogens is 330 g/mol. The van der Waals surface area contributed by atoms with Gasteiger partial charge in [-0.2, -0.15) is 5.10 Å². The Morgan fingerprint density at radius 2 is 1.92 bits per heavy atom. The van der Waals surface area contributed by atoms with Gasteiger partial charge < -0.3 is 10.1 Å². The summed E-state index contributed by atoms with van der Waals surface area (Å²) in [7, 11) is 0. The Hall–Kier alpha value is -3.15. The molecule has 0 saturated carbocycles. The number of carbonyl (C=O) groups is 1. The molecule has 3 aromatic rings. The maximum atomic E-state index is 12.4. The average molecular weight is 351 g/mol. The third-order valence-corrected chi connectivity index (χ3v) is 4.12. The van der Waals surface area contributed by atoms with Crippen molar-refractivity contribution in [3.63, 3.8) is 0 Å². The number of amides is 1. The van der Waals surface area contributed by atoms with E-state index in [4.69, 9.17) is 4.74 Å². The minimum atomic E-state index is -0.271. The molecule has 1 atom stereocenters. The minimum Gasteiger partial charge on any atom is -0.494 e. The number of aromatic nitrogens is 2. The van der Waals surface area contributed by atoms with Gasteiger partial charge in [-0.05, 0) is 37.6 Å². The molecule has 0 bridgehead atoms. The Kier molecular flexibility index (Phi) is 5.31. The summed E-state index contributed by atoms with van der Waals surface area (Å²) >= 11 is 0. The second kappa shape index (κ2) is 7.82. The highest BCUT2D eigenvalue weighted by Crippen LogP contribution is 2.17. The largest absolute Gasteiger partial charge is 0.494 e. The predicted molar refractivity (Wildman–Crippen MR) is 100 cm³/mol. The van der Waals surface area contributed by atoms with Gasteiger partial charge in [-0.25, -0.2) is 4.68 Å². The first-order valence-corrected chi connectivity index (χ1v) is 8.55. The number of hydrogen-bond acceptors (Lipinski definition) is 4. The Balaban J connectivity index is 1.68. The van der Waals surface area contributed by atoms with Crippen molar-refractivity contribution >= 4 is 16.7 Å². The van der Waals surface area contributed by atoms with Crippen molar-refractivity contribution in [2.45, 2.75) is 26.4 Å². The molecule has 0 aliphatic heterocycles. The summed E-state index contributed by atoms with van der Waals surface area (Å²) in [6, 6.07) is 14.6. The van der Waals surface area contributed by atoms with E-state index < -0.39 is 0 Å². The van der Waals surface area contributed by atoms with Gasteiger partial charge in [0.2, 0.25) is 5.91 Å². The van der Waals surface area contributed by atoms with Crippen LogP contribution >= 0.6 is 0 Å². The van der Waals surface area contributed by atoms with Crippen molar-refractivity contribution in [3.8, 4) is 5.75 Å². The molecule has 6 heteroatoms. The quantitative estimate of drug-likeness (QED) is 0.741. The van der Waals surface area contributed by atoms with Gasteiger partial charge in [0.05, 0.1) is 24.2 Å². The maximum absolute atomic E-state index is 12.4. The molecule has 0 spiro atoms. The second-order valence-corrected chi connectivity index (χ2v) is 5.99. The zero-order chi connectivity index (χ0) is 18.5. The fraction of sp³-hybridized carbons (Fsp3) is 0.250. The van der Waals surface area contributed by atoms with Crippen molar-refractivity contribution in [1.82, 2.24) is 15.1 Å². The number of fused-ring (bicyclic) bond motifs is 1. The van der Waals surface area contributed by atoms with Gasteiger partial charge in [-0.3, -0.25) is 9.59 Å². The van der Waals surface area contributed by atoms with Crippen LogP contribution in [-0.4, -0.2) is 22.3 Å². The van der Waals surface area contributed by atoms with E-state index in [9.17, 15) is 9.59 Å². The standard InChI is InChI=1S/C20H21N3O3/c1-3-26-17-10-8-15(9-11-17)14(2)22-19(24)13-23-20(25)18-7-5-4-6-16(18)12-21-23/h4-12,14H,3,13H2,1-2H3,(H,22,24). The van der Waals surface area contributed by atoms with Crippen molar-refractivity contribution in [2.24, 2.45) is 0 Å². The normalized spacial score (nSPS) is 11.9. The highest BCUT2D eigenvalue weighted by Gasteiger charge is 2.12. The van der Waals surface area contributed by atoms with Crippen LogP contribution in [-0.2, 0) is 11.3 Å². The van der Waals surface area contributed by atoms with Crippen LogP contribution in [0.2, 0.25) is 0 Å². The van der Waals surface area contributed by atoms with Gasteiger partial charge in [-0.15, -0.1) is 0 Å². The summed E-state index contributed by atoms with van der Waals surface area (Å²) in [6.07, 6.45) is 1.60. The van der Waals surface area contributed by atoms with Crippen molar-refractivity contribution < 1.29 is 9.53 Å². The molecule has 1 N–H and O–H groups in total. The summed E-state index contributed by atoms with van der Waals surface area (Å²) in [5.41, 5.74) is 0.688. The topological polar surface area (TPSA) is 73.2 Å². The summed E-state index contributed by atoms with van der Waals surface area (Å²) in [4.78, 5) is 24.7. The molecule has 0 aliphatic carbocycles. The molecule has 0 radical (unpaired) electrons. The molecule has 3 rings (SSSR count). The number of hydrogen-bond donors (Lipinski definition) is 1. The molecule has 1 amide bonds. The summed E-state index contributed by atoms with van der Waals surface area (Å²) in [5, 5.41) is 8.29. The van der Waals surface area contributed by atoms with Crippen LogP contribution in [0.1, 0.15) is 25.5 Å². The average Bonchev–Trinajstić information content (AvgIpc) is 2.65. The van der Waals surface area contributed by atoms with Crippen molar-refractivity contribution in [3.05, 3.63) is 70.6 Å². The fourth-order valence-corrected chi connectivity index (χ4v) is 2.77. The van der Waals surface area contributed by atoms with E-state index in [1.54, 1.807) is 18.3 Å². The van der Waals surface area contributed by atoms with Crippen LogP contribution < -0.4 is 15.6 Å². The number of nitrogens with zero attached hydrogens (tertiary/aromatic N) is 2. The van der Waals surface area contributed by atoms with E-state index >= 15 is 0 Å². The molecule has 26 heavy (non-hydrogen) atoms. The number of ether oxygens (including phenoxy) is 1. The van der Waals surface area contributed by atoms with Gasteiger partial charge in [0, 0.05) is 5.39 Å². The lowest BCUT2D eigenvalue weighted by molar-refractivity contribution is -0.122. The van der Waals surface area contributed by atoms with E-state index in [0.29, 0.717) is 12.0 Å². The van der Waals surface area contributed by atoms with Gasteiger partial charge in [0.25, 0.3) is 5.56 Å². The Labute approximate surface area is 151 Å². The number of benzene rings is 2. The molecule has 0 saturated heterocycles. The first-order chi connectivity index (χ1) is 12.6. The van der Waals surface area contributed by atoms with E-state index in [1.807, 2.05) is 50.2 Å². The smallest absolute Gasteiger partial charge is 0.275 e. The maximum Gasteiger partial charge on any atom is 0.275 e. The molecular formula is C20H21N3O3. The van der Waals surface area contributed by atoms with Crippen LogP contribution in [0.3, 0.4) is 0 Å². The number of rotatable bonds is 6. The van der Waals surface area contributed by atoms with Crippen LogP contribution in [0.25, 0.3) is 10.8 Å². The SMILES string of the molecule is CCOc1ccc(C(C)NC(=O)Cn2ncc3ccccc3c2=O)cc1. The van der Waals surface area contributed by atoms with Crippen molar-refractivity contribution in [1.29, 1.82) is 0 Å². The lowest BCUT2D eigenvalue weighted by Crippen LogP contribution is -2.34. The zero-order valence-corrected chi connectivity index (χ0v) is 14.8. The van der Waals surface area contributed by atoms with Crippen LogP contribution in [0.4, 0.5) is 0 Å². The zero-order valence-electron chi connectivity index (χ0n) is 14.8. The van der Waals surface area contributed by atoms with E-state index in [1.165, 1.54) is 4.68 Å². The molecule has 1 aromatic heterocycles. The van der Waals surface area contributed by atoms with Crippen LogP contribution in [0, 0.1) is 0 Å². The Morgan fingerprint density at radius 3 is 2.65 bits per heavy atom. The van der Waals surface area contributed by atoms with E-state index in [-0.39, 0.29) is 24.1 Å². The minimum absolute atomic E-state index is 0.120. The molecule has 1 heterocycles. The van der Waals surface area contributed by atoms with Crippen LogP contribution in [0.15, 0.2) is 59.5 Å². The fourth-order valence-electron chi connectivity index (χ4n) is 2.77. The van der Waals surface area contributed by atoms with Crippen LogP contribution in [0.5, 0.6) is 5.75 Å². The summed E-state index contributed by atoms with van der Waals surface area (Å²) < 4.78 is 6.60. The molecule has 6 nitrogen and oxygen atoms in total. The Morgan fingerprint density at radius 1 is 1.19 bits per heavy atom.